The summed E-state index contributed by atoms with van der Waals surface area (Å²) in [6.07, 6.45) is -0.0190. The van der Waals surface area contributed by atoms with Gasteiger partial charge in [0.15, 0.2) is 11.5 Å². The topological polar surface area (TPSA) is 59.8 Å². The van der Waals surface area contributed by atoms with Crippen LogP contribution in [0.1, 0.15) is 5.56 Å². The van der Waals surface area contributed by atoms with Crippen LogP contribution in [0.5, 0.6) is 11.5 Å². The predicted octanol–water partition coefficient (Wildman–Crippen LogP) is 0.461. The van der Waals surface area contributed by atoms with Crippen LogP contribution >= 0.6 is 0 Å². The van der Waals surface area contributed by atoms with Gasteiger partial charge in [-0.05, 0) is 18.6 Å². The van der Waals surface area contributed by atoms with Crippen LogP contribution in [0.2, 0.25) is 0 Å². The molecular weight excluding hydrogens is 230 g/mol. The second-order valence-corrected chi connectivity index (χ2v) is 4.72. The summed E-state index contributed by atoms with van der Waals surface area (Å²) in [4.78, 5) is 2.21. The van der Waals surface area contributed by atoms with E-state index in [4.69, 9.17) is 15.2 Å². The molecule has 0 radical (unpaired) electrons. The standard InChI is InChI=1S/C13H19N3O2/c1-9-2-3-10-13(18-7-6-17-10)12(9)16-5-4-15-8-11(16)14/h2-3,11,15H,4-8,14H2,1H3. The highest BCUT2D eigenvalue weighted by Gasteiger charge is 2.27. The van der Waals surface area contributed by atoms with Crippen molar-refractivity contribution in [2.24, 2.45) is 5.73 Å². The van der Waals surface area contributed by atoms with E-state index in [9.17, 15) is 0 Å². The van der Waals surface area contributed by atoms with Gasteiger partial charge in [-0.25, -0.2) is 0 Å². The van der Waals surface area contributed by atoms with Gasteiger partial charge in [-0.2, -0.15) is 0 Å². The number of ether oxygens (including phenoxy) is 2. The zero-order valence-corrected chi connectivity index (χ0v) is 10.6. The molecule has 1 atom stereocenters. The molecule has 1 aromatic carbocycles. The number of anilines is 1. The smallest absolute Gasteiger partial charge is 0.184 e. The van der Waals surface area contributed by atoms with Gasteiger partial charge < -0.3 is 25.4 Å². The molecule has 5 nitrogen and oxygen atoms in total. The Morgan fingerprint density at radius 1 is 1.33 bits per heavy atom. The van der Waals surface area contributed by atoms with Crippen molar-refractivity contribution in [1.29, 1.82) is 0 Å². The lowest BCUT2D eigenvalue weighted by atomic mass is 10.1. The summed E-state index contributed by atoms with van der Waals surface area (Å²) >= 11 is 0. The molecule has 0 bridgehead atoms. The van der Waals surface area contributed by atoms with Crippen LogP contribution in [0.25, 0.3) is 0 Å². The van der Waals surface area contributed by atoms with E-state index in [1.807, 2.05) is 6.07 Å². The summed E-state index contributed by atoms with van der Waals surface area (Å²) in [6, 6.07) is 4.04. The van der Waals surface area contributed by atoms with Crippen molar-refractivity contribution in [1.82, 2.24) is 5.32 Å². The van der Waals surface area contributed by atoms with Crippen LogP contribution in [-0.4, -0.2) is 39.0 Å². The number of nitrogens with one attached hydrogen (secondary N) is 1. The van der Waals surface area contributed by atoms with Gasteiger partial charge >= 0.3 is 0 Å². The van der Waals surface area contributed by atoms with Gasteiger partial charge in [0.05, 0.1) is 11.9 Å². The van der Waals surface area contributed by atoms with E-state index in [1.165, 1.54) is 5.56 Å². The first-order chi connectivity index (χ1) is 8.77. The number of rotatable bonds is 1. The molecule has 3 rings (SSSR count). The monoisotopic (exact) mass is 249 g/mol. The minimum absolute atomic E-state index is 0.0190. The van der Waals surface area contributed by atoms with E-state index in [0.29, 0.717) is 13.2 Å². The third kappa shape index (κ3) is 1.89. The molecule has 2 heterocycles. The Balaban J connectivity index is 2.04. The highest BCUT2D eigenvalue weighted by atomic mass is 16.6. The molecule has 0 aromatic heterocycles. The maximum atomic E-state index is 6.18. The second-order valence-electron chi connectivity index (χ2n) is 4.72. The fourth-order valence-electron chi connectivity index (χ4n) is 2.56. The van der Waals surface area contributed by atoms with Gasteiger partial charge in [0.1, 0.15) is 13.2 Å². The van der Waals surface area contributed by atoms with Crippen molar-refractivity contribution in [3.05, 3.63) is 17.7 Å². The Bertz CT molecular complexity index is 450. The Hall–Kier alpha value is -1.46. The Morgan fingerprint density at radius 2 is 2.17 bits per heavy atom. The molecule has 1 unspecified atom stereocenters. The lowest BCUT2D eigenvalue weighted by molar-refractivity contribution is 0.171. The van der Waals surface area contributed by atoms with Gasteiger partial charge in [-0.15, -0.1) is 0 Å². The van der Waals surface area contributed by atoms with Crippen molar-refractivity contribution < 1.29 is 9.47 Å². The van der Waals surface area contributed by atoms with Gasteiger partial charge in [-0.1, -0.05) is 6.07 Å². The van der Waals surface area contributed by atoms with E-state index in [1.54, 1.807) is 0 Å². The number of aryl methyl sites for hydroxylation is 1. The molecular formula is C13H19N3O2. The lowest BCUT2D eigenvalue weighted by Crippen LogP contribution is -2.56. The fourth-order valence-corrected chi connectivity index (χ4v) is 2.56. The van der Waals surface area contributed by atoms with Crippen LogP contribution in [0, 0.1) is 6.92 Å². The number of hydrogen-bond acceptors (Lipinski definition) is 5. The van der Waals surface area contributed by atoms with E-state index >= 15 is 0 Å². The average molecular weight is 249 g/mol. The first kappa shape index (κ1) is 11.6. The third-order valence-corrected chi connectivity index (χ3v) is 3.45. The van der Waals surface area contributed by atoms with Crippen LogP contribution in [0.4, 0.5) is 5.69 Å². The highest BCUT2D eigenvalue weighted by molar-refractivity contribution is 5.70. The van der Waals surface area contributed by atoms with Crippen LogP contribution in [0.15, 0.2) is 12.1 Å². The van der Waals surface area contributed by atoms with E-state index in [-0.39, 0.29) is 6.17 Å². The maximum absolute atomic E-state index is 6.18. The molecule has 1 aromatic rings. The molecule has 5 heteroatoms. The fraction of sp³-hybridized carbons (Fsp3) is 0.538. The van der Waals surface area contributed by atoms with E-state index in [2.05, 4.69) is 23.2 Å². The van der Waals surface area contributed by atoms with Crippen LogP contribution in [0.3, 0.4) is 0 Å². The molecule has 2 aliphatic rings. The number of piperazine rings is 1. The van der Waals surface area contributed by atoms with Gasteiger partial charge in [0.25, 0.3) is 0 Å². The first-order valence-corrected chi connectivity index (χ1v) is 6.39. The predicted molar refractivity (Wildman–Crippen MR) is 70.4 cm³/mol. The quantitative estimate of drug-likeness (QED) is 0.757. The van der Waals surface area contributed by atoms with Crippen LogP contribution < -0.4 is 25.4 Å². The number of nitrogens with zero attached hydrogens (tertiary/aromatic N) is 1. The number of fused-ring (bicyclic) bond motifs is 1. The normalized spacial score (nSPS) is 23.0. The van der Waals surface area contributed by atoms with E-state index in [0.717, 1.165) is 36.8 Å². The summed E-state index contributed by atoms with van der Waals surface area (Å²) in [6.45, 7) is 5.93. The first-order valence-electron chi connectivity index (χ1n) is 6.39. The third-order valence-electron chi connectivity index (χ3n) is 3.45. The minimum Gasteiger partial charge on any atom is -0.486 e. The van der Waals surface area contributed by atoms with Crippen molar-refractivity contribution in [3.63, 3.8) is 0 Å². The lowest BCUT2D eigenvalue weighted by Gasteiger charge is -2.38. The Kier molecular flexibility index (Phi) is 3.01. The average Bonchev–Trinajstić information content (AvgIpc) is 2.40. The molecule has 3 N–H and O–H groups in total. The summed E-state index contributed by atoms with van der Waals surface area (Å²) in [5, 5.41) is 3.30. The molecule has 0 amide bonds. The van der Waals surface area contributed by atoms with Crippen molar-refractivity contribution >= 4 is 5.69 Å². The second kappa shape index (κ2) is 4.66. The molecule has 98 valence electrons. The SMILES string of the molecule is Cc1ccc2c(c1N1CCNCC1N)OCCO2. The molecule has 1 saturated heterocycles. The minimum atomic E-state index is -0.0190. The molecule has 2 aliphatic heterocycles. The molecule has 1 fully saturated rings. The summed E-state index contributed by atoms with van der Waals surface area (Å²) in [5.74, 6) is 1.67. The number of benzene rings is 1. The largest absolute Gasteiger partial charge is 0.486 e. The summed E-state index contributed by atoms with van der Waals surface area (Å²) in [7, 11) is 0. The van der Waals surface area contributed by atoms with Crippen molar-refractivity contribution in [2.75, 3.05) is 37.7 Å². The Labute approximate surface area is 107 Å². The van der Waals surface area contributed by atoms with Crippen LogP contribution in [-0.2, 0) is 0 Å². The van der Waals surface area contributed by atoms with Crippen molar-refractivity contribution in [2.45, 2.75) is 13.1 Å². The molecule has 0 spiro atoms. The number of hydrogen-bond donors (Lipinski definition) is 2. The zero-order valence-electron chi connectivity index (χ0n) is 10.6. The maximum Gasteiger partial charge on any atom is 0.184 e. The molecule has 0 saturated carbocycles. The molecule has 18 heavy (non-hydrogen) atoms. The number of nitrogens with two attached hydrogens (primary N) is 1. The van der Waals surface area contributed by atoms with Crippen molar-refractivity contribution in [3.8, 4) is 11.5 Å². The Morgan fingerprint density at radius 3 is 3.00 bits per heavy atom. The van der Waals surface area contributed by atoms with E-state index < -0.39 is 0 Å². The van der Waals surface area contributed by atoms with Gasteiger partial charge in [0, 0.05) is 19.6 Å². The zero-order chi connectivity index (χ0) is 12.5. The summed E-state index contributed by atoms with van der Waals surface area (Å²) in [5.41, 5.74) is 8.44. The molecule has 0 aliphatic carbocycles. The summed E-state index contributed by atoms with van der Waals surface area (Å²) < 4.78 is 11.4. The van der Waals surface area contributed by atoms with Gasteiger partial charge in [-0.3, -0.25) is 0 Å². The highest BCUT2D eigenvalue weighted by Crippen LogP contribution is 2.42. The van der Waals surface area contributed by atoms with Gasteiger partial charge in [0.2, 0.25) is 0 Å².